The van der Waals surface area contributed by atoms with E-state index in [1.54, 1.807) is 0 Å². The zero-order chi connectivity index (χ0) is 19.8. The van der Waals surface area contributed by atoms with E-state index in [1.165, 1.54) is 24.3 Å². The normalized spacial score (nSPS) is 19.7. The van der Waals surface area contributed by atoms with E-state index < -0.39 is 21.4 Å². The van der Waals surface area contributed by atoms with Crippen molar-refractivity contribution < 1.29 is 17.5 Å². The minimum atomic E-state index is -3.76. The lowest BCUT2D eigenvalue weighted by Crippen LogP contribution is -2.53. The standard InChI is InChI=1S/C17H22FN5O3S/c1-11-9-26-17(2,3)10-23(11)15-14(18)8-20-16(22-15)21-12-4-6-13(7-5-12)27(19,24)25/h4-8,11H,9-10H2,1-3H3,(H2,19,24,25)(H,20,21,22)/t11-/m1/s1. The Morgan fingerprint density at radius 2 is 2.00 bits per heavy atom. The van der Waals surface area contributed by atoms with Gasteiger partial charge in [-0.25, -0.2) is 22.9 Å². The summed E-state index contributed by atoms with van der Waals surface area (Å²) in [6, 6.07) is 5.77. The molecular weight excluding hydrogens is 373 g/mol. The number of sulfonamides is 1. The van der Waals surface area contributed by atoms with E-state index in [4.69, 9.17) is 9.88 Å². The molecule has 146 valence electrons. The molecule has 2 aromatic rings. The van der Waals surface area contributed by atoms with Crippen molar-refractivity contribution >= 4 is 27.5 Å². The predicted octanol–water partition coefficient (Wildman–Crippen LogP) is 2.01. The van der Waals surface area contributed by atoms with Crippen molar-refractivity contribution in [3.8, 4) is 0 Å². The molecule has 0 radical (unpaired) electrons. The van der Waals surface area contributed by atoms with Gasteiger partial charge in [0.25, 0.3) is 0 Å². The van der Waals surface area contributed by atoms with E-state index in [1.807, 2.05) is 25.7 Å². The van der Waals surface area contributed by atoms with Crippen molar-refractivity contribution in [2.24, 2.45) is 5.14 Å². The Bertz CT molecular complexity index is 934. The average molecular weight is 395 g/mol. The van der Waals surface area contributed by atoms with Crippen LogP contribution in [-0.4, -0.2) is 43.2 Å². The van der Waals surface area contributed by atoms with Gasteiger partial charge < -0.3 is 15.0 Å². The molecule has 1 aliphatic rings. The van der Waals surface area contributed by atoms with Crippen LogP contribution >= 0.6 is 0 Å². The minimum Gasteiger partial charge on any atom is -0.372 e. The highest BCUT2D eigenvalue weighted by Crippen LogP contribution is 2.28. The molecule has 8 nitrogen and oxygen atoms in total. The molecule has 3 N–H and O–H groups in total. The van der Waals surface area contributed by atoms with Gasteiger partial charge in [-0.2, -0.15) is 4.98 Å². The highest BCUT2D eigenvalue weighted by molar-refractivity contribution is 7.89. The van der Waals surface area contributed by atoms with Gasteiger partial charge in [0.1, 0.15) is 0 Å². The number of halogens is 1. The molecule has 1 aliphatic heterocycles. The van der Waals surface area contributed by atoms with Crippen LogP contribution in [-0.2, 0) is 14.8 Å². The summed E-state index contributed by atoms with van der Waals surface area (Å²) in [4.78, 5) is 10.1. The van der Waals surface area contributed by atoms with Crippen LogP contribution in [0.4, 0.5) is 21.8 Å². The summed E-state index contributed by atoms with van der Waals surface area (Å²) in [6.45, 7) is 6.78. The summed E-state index contributed by atoms with van der Waals surface area (Å²) in [5.74, 6) is -0.126. The summed E-state index contributed by atoms with van der Waals surface area (Å²) in [6.07, 6.45) is 1.11. The molecular formula is C17H22FN5O3S. The van der Waals surface area contributed by atoms with Gasteiger partial charge in [-0.3, -0.25) is 0 Å². The van der Waals surface area contributed by atoms with Gasteiger partial charge in [0, 0.05) is 12.2 Å². The molecule has 0 amide bonds. The highest BCUT2D eigenvalue weighted by atomic mass is 32.2. The topological polar surface area (TPSA) is 110 Å². The molecule has 3 rings (SSSR count). The Morgan fingerprint density at radius 3 is 2.63 bits per heavy atom. The molecule has 0 spiro atoms. The number of rotatable bonds is 4. The van der Waals surface area contributed by atoms with Crippen LogP contribution in [0.25, 0.3) is 0 Å². The lowest BCUT2D eigenvalue weighted by Gasteiger charge is -2.43. The zero-order valence-electron chi connectivity index (χ0n) is 15.3. The molecule has 1 atom stereocenters. The second-order valence-electron chi connectivity index (χ2n) is 7.11. The number of morpholine rings is 1. The van der Waals surface area contributed by atoms with Crippen molar-refractivity contribution in [3.05, 3.63) is 36.3 Å². The summed E-state index contributed by atoms with van der Waals surface area (Å²) < 4.78 is 42.8. The van der Waals surface area contributed by atoms with Crippen molar-refractivity contribution in [2.45, 2.75) is 37.3 Å². The molecule has 0 aliphatic carbocycles. The fourth-order valence-corrected chi connectivity index (χ4v) is 3.32. The lowest BCUT2D eigenvalue weighted by molar-refractivity contribution is -0.0425. The SMILES string of the molecule is C[C@@H]1COC(C)(C)CN1c1nc(Nc2ccc(S(N)(=O)=O)cc2)ncc1F. The second kappa shape index (κ2) is 7.02. The molecule has 27 heavy (non-hydrogen) atoms. The molecule has 0 saturated carbocycles. The number of anilines is 3. The molecule has 1 aromatic heterocycles. The minimum absolute atomic E-state index is 0.00173. The first-order chi connectivity index (χ1) is 12.5. The van der Waals surface area contributed by atoms with Crippen LogP contribution in [0.2, 0.25) is 0 Å². The number of nitrogens with zero attached hydrogens (tertiary/aromatic N) is 3. The van der Waals surface area contributed by atoms with Gasteiger partial charge in [0.05, 0.1) is 29.3 Å². The Balaban J connectivity index is 1.85. The van der Waals surface area contributed by atoms with Crippen LogP contribution in [0.1, 0.15) is 20.8 Å². The van der Waals surface area contributed by atoms with Crippen molar-refractivity contribution in [1.82, 2.24) is 9.97 Å². The third-order valence-electron chi connectivity index (χ3n) is 4.24. The van der Waals surface area contributed by atoms with Crippen LogP contribution in [0.15, 0.2) is 35.4 Å². The summed E-state index contributed by atoms with van der Waals surface area (Å²) in [7, 11) is -3.76. The van der Waals surface area contributed by atoms with E-state index in [0.29, 0.717) is 18.8 Å². The molecule has 1 aromatic carbocycles. The maximum absolute atomic E-state index is 14.4. The third-order valence-corrected chi connectivity index (χ3v) is 5.16. The van der Waals surface area contributed by atoms with Gasteiger partial charge in [0.2, 0.25) is 16.0 Å². The van der Waals surface area contributed by atoms with E-state index in [-0.39, 0.29) is 22.7 Å². The monoisotopic (exact) mass is 395 g/mol. The molecule has 1 fully saturated rings. The molecule has 0 bridgehead atoms. The highest BCUT2D eigenvalue weighted by Gasteiger charge is 2.34. The fourth-order valence-electron chi connectivity index (χ4n) is 2.81. The van der Waals surface area contributed by atoms with Gasteiger partial charge in [-0.1, -0.05) is 0 Å². The Labute approximate surface area is 157 Å². The van der Waals surface area contributed by atoms with Crippen molar-refractivity contribution in [1.29, 1.82) is 0 Å². The maximum Gasteiger partial charge on any atom is 0.238 e. The number of hydrogen-bond donors (Lipinski definition) is 2. The predicted molar refractivity (Wildman–Crippen MR) is 99.9 cm³/mol. The molecule has 10 heteroatoms. The Hall–Kier alpha value is -2.30. The second-order valence-corrected chi connectivity index (χ2v) is 8.67. The Morgan fingerprint density at radius 1 is 1.33 bits per heavy atom. The summed E-state index contributed by atoms with van der Waals surface area (Å²) in [5.41, 5.74) is 0.136. The quantitative estimate of drug-likeness (QED) is 0.815. The third kappa shape index (κ3) is 4.52. The lowest BCUT2D eigenvalue weighted by atomic mass is 10.0. The van der Waals surface area contributed by atoms with Crippen LogP contribution in [0.3, 0.4) is 0 Å². The first-order valence-corrected chi connectivity index (χ1v) is 9.93. The molecule has 2 heterocycles. The molecule has 1 saturated heterocycles. The number of nitrogens with one attached hydrogen (secondary N) is 1. The van der Waals surface area contributed by atoms with E-state index in [2.05, 4.69) is 15.3 Å². The van der Waals surface area contributed by atoms with Crippen LogP contribution in [0.5, 0.6) is 0 Å². The van der Waals surface area contributed by atoms with E-state index >= 15 is 0 Å². The van der Waals surface area contributed by atoms with Gasteiger partial charge in [-0.05, 0) is 45.0 Å². The number of nitrogens with two attached hydrogens (primary N) is 1. The van der Waals surface area contributed by atoms with E-state index in [0.717, 1.165) is 6.20 Å². The number of aromatic nitrogens is 2. The first-order valence-electron chi connectivity index (χ1n) is 8.38. The largest absolute Gasteiger partial charge is 0.372 e. The zero-order valence-corrected chi connectivity index (χ0v) is 16.1. The first kappa shape index (κ1) is 19.5. The number of primary sulfonamides is 1. The number of hydrogen-bond acceptors (Lipinski definition) is 7. The van der Waals surface area contributed by atoms with Crippen LogP contribution < -0.4 is 15.4 Å². The average Bonchev–Trinajstić information content (AvgIpc) is 2.59. The van der Waals surface area contributed by atoms with Gasteiger partial charge in [-0.15, -0.1) is 0 Å². The van der Waals surface area contributed by atoms with Gasteiger partial charge in [0.15, 0.2) is 11.6 Å². The maximum atomic E-state index is 14.4. The smallest absolute Gasteiger partial charge is 0.238 e. The van der Waals surface area contributed by atoms with E-state index in [9.17, 15) is 12.8 Å². The van der Waals surface area contributed by atoms with Gasteiger partial charge >= 0.3 is 0 Å². The summed E-state index contributed by atoms with van der Waals surface area (Å²) in [5, 5.41) is 8.03. The molecule has 0 unspecified atom stereocenters. The number of benzene rings is 1. The van der Waals surface area contributed by atoms with Crippen molar-refractivity contribution in [2.75, 3.05) is 23.4 Å². The van der Waals surface area contributed by atoms with Crippen LogP contribution in [0, 0.1) is 5.82 Å². The fraction of sp³-hybridized carbons (Fsp3) is 0.412. The Kier molecular flexibility index (Phi) is 5.06. The van der Waals surface area contributed by atoms with Crippen molar-refractivity contribution in [3.63, 3.8) is 0 Å². The number of ether oxygens (including phenoxy) is 1. The summed E-state index contributed by atoms with van der Waals surface area (Å²) >= 11 is 0.